The van der Waals surface area contributed by atoms with Crippen LogP contribution >= 0.6 is 0 Å². The Balaban J connectivity index is 1.92. The second-order valence-electron chi connectivity index (χ2n) is 8.08. The predicted octanol–water partition coefficient (Wildman–Crippen LogP) is 5.44. The van der Waals surface area contributed by atoms with E-state index in [9.17, 15) is 13.4 Å². The molecule has 0 saturated heterocycles. The Morgan fingerprint density at radius 3 is 2.47 bits per heavy atom. The molecule has 0 bridgehead atoms. The molecule has 1 unspecified atom stereocenters. The van der Waals surface area contributed by atoms with Crippen molar-refractivity contribution in [2.24, 2.45) is 5.92 Å². The molecule has 0 fully saturated rings. The maximum Gasteiger partial charge on any atom is 0.224 e. The minimum absolute atomic E-state index is 0.0451. The maximum atomic E-state index is 14.0. The summed E-state index contributed by atoms with van der Waals surface area (Å²) in [5, 5.41) is 2.97. The zero-order valence-corrected chi connectivity index (χ0v) is 18.7. The zero-order chi connectivity index (χ0) is 21.8. The number of nitrogens with one attached hydrogen (secondary N) is 1. The van der Waals surface area contributed by atoms with Crippen LogP contribution in [0.25, 0.3) is 17.2 Å². The van der Waals surface area contributed by atoms with Gasteiger partial charge >= 0.3 is 0 Å². The molecule has 158 valence electrons. The van der Waals surface area contributed by atoms with Crippen molar-refractivity contribution in [3.63, 3.8) is 0 Å². The smallest absolute Gasteiger partial charge is 0.224 e. The number of hydrogen-bond acceptors (Lipinski definition) is 2. The quantitative estimate of drug-likeness (QED) is 0.642. The highest BCUT2D eigenvalue weighted by Gasteiger charge is 2.25. The zero-order valence-electron chi connectivity index (χ0n) is 17.9. The van der Waals surface area contributed by atoms with Gasteiger partial charge in [-0.05, 0) is 83.0 Å². The fraction of sp³-hybridized carbons (Fsp3) is 0.320. The van der Waals surface area contributed by atoms with Gasteiger partial charge in [-0.3, -0.25) is 9.00 Å². The lowest BCUT2D eigenvalue weighted by molar-refractivity contribution is -0.120. The summed E-state index contributed by atoms with van der Waals surface area (Å²) in [6, 6.07) is 12.3. The first-order valence-electron chi connectivity index (χ1n) is 10.2. The van der Waals surface area contributed by atoms with Crippen LogP contribution in [0.15, 0.2) is 52.9 Å². The molecule has 1 aliphatic carbocycles. The number of carbonyl (C=O) groups excluding carboxylic acids is 1. The van der Waals surface area contributed by atoms with E-state index in [1.807, 2.05) is 37.3 Å². The largest absolute Gasteiger partial charge is 0.356 e. The number of fused-ring (bicyclic) bond motifs is 1. The van der Waals surface area contributed by atoms with Crippen LogP contribution in [0.5, 0.6) is 0 Å². The molecule has 0 aliphatic heterocycles. The van der Waals surface area contributed by atoms with Crippen molar-refractivity contribution in [3.05, 3.63) is 70.5 Å². The Kier molecular flexibility index (Phi) is 7.03. The number of benzene rings is 2. The van der Waals surface area contributed by atoms with Gasteiger partial charge in [0.25, 0.3) is 0 Å². The Hall–Kier alpha value is -2.53. The highest BCUT2D eigenvalue weighted by atomic mass is 32.2. The normalized spacial score (nSPS) is 15.6. The number of amides is 1. The molecule has 1 N–H and O–H groups in total. The number of carbonyl (C=O) groups is 1. The molecular formula is C25H28FNO2S. The van der Waals surface area contributed by atoms with E-state index in [2.05, 4.69) is 19.2 Å². The summed E-state index contributed by atoms with van der Waals surface area (Å²) in [6.07, 6.45) is 4.85. The van der Waals surface area contributed by atoms with Crippen LogP contribution < -0.4 is 5.32 Å². The molecule has 30 heavy (non-hydrogen) atoms. The average Bonchev–Trinajstić information content (AvgIpc) is 2.93. The maximum absolute atomic E-state index is 14.0. The van der Waals surface area contributed by atoms with Crippen molar-refractivity contribution < 1.29 is 13.4 Å². The molecule has 0 aromatic heterocycles. The highest BCUT2D eigenvalue weighted by molar-refractivity contribution is 7.84. The molecule has 0 saturated carbocycles. The molecule has 1 aliphatic rings. The van der Waals surface area contributed by atoms with Crippen molar-refractivity contribution in [1.82, 2.24) is 5.32 Å². The molecule has 2 aromatic rings. The predicted molar refractivity (Wildman–Crippen MR) is 123 cm³/mol. The van der Waals surface area contributed by atoms with Gasteiger partial charge in [0.1, 0.15) is 5.82 Å². The van der Waals surface area contributed by atoms with Gasteiger partial charge in [0.05, 0.1) is 6.42 Å². The molecule has 2 aromatic carbocycles. The summed E-state index contributed by atoms with van der Waals surface area (Å²) < 4.78 is 25.6. The van der Waals surface area contributed by atoms with Crippen LogP contribution in [0.2, 0.25) is 0 Å². The standard InChI is InChI=1S/C25H28FNO2S/c1-16(2)11-12-27-25(28)15-23-17(3)22(21-10-7-19(26)14-24(21)23)13-18-5-8-20(9-6-18)30(4)29/h5-10,13-14,16H,11-12,15H2,1-4H3,(H,27,28)/b22-13-. The van der Waals surface area contributed by atoms with Crippen LogP contribution in [0, 0.1) is 11.7 Å². The average molecular weight is 426 g/mol. The minimum atomic E-state index is -1.02. The first-order chi connectivity index (χ1) is 14.3. The van der Waals surface area contributed by atoms with E-state index in [0.717, 1.165) is 44.7 Å². The van der Waals surface area contributed by atoms with Crippen molar-refractivity contribution in [1.29, 1.82) is 0 Å². The lowest BCUT2D eigenvalue weighted by atomic mass is 10.0. The first kappa shape index (κ1) is 22.2. The van der Waals surface area contributed by atoms with Crippen LogP contribution in [0.3, 0.4) is 0 Å². The van der Waals surface area contributed by atoms with Crippen LogP contribution in [-0.2, 0) is 15.6 Å². The van der Waals surface area contributed by atoms with Gasteiger partial charge in [-0.2, -0.15) is 0 Å². The van der Waals surface area contributed by atoms with E-state index in [1.54, 1.807) is 12.3 Å². The molecular weight excluding hydrogens is 397 g/mol. The number of allylic oxidation sites excluding steroid dienone is 2. The lowest BCUT2D eigenvalue weighted by Crippen LogP contribution is -2.25. The summed E-state index contributed by atoms with van der Waals surface area (Å²) >= 11 is 0. The monoisotopic (exact) mass is 425 g/mol. The van der Waals surface area contributed by atoms with Crippen molar-refractivity contribution >= 4 is 33.9 Å². The Morgan fingerprint density at radius 2 is 1.83 bits per heavy atom. The van der Waals surface area contributed by atoms with E-state index in [4.69, 9.17) is 0 Å². The molecule has 5 heteroatoms. The van der Waals surface area contributed by atoms with Gasteiger partial charge in [-0.15, -0.1) is 0 Å². The van der Waals surface area contributed by atoms with Gasteiger partial charge in [0.2, 0.25) is 5.91 Å². The number of rotatable bonds is 7. The van der Waals surface area contributed by atoms with Crippen LogP contribution in [0.4, 0.5) is 4.39 Å². The van der Waals surface area contributed by atoms with Gasteiger partial charge in [0, 0.05) is 28.5 Å². The third kappa shape index (κ3) is 5.14. The molecule has 1 amide bonds. The molecule has 1 atom stereocenters. The summed E-state index contributed by atoms with van der Waals surface area (Å²) in [5.41, 5.74) is 5.52. The van der Waals surface area contributed by atoms with E-state index < -0.39 is 10.8 Å². The van der Waals surface area contributed by atoms with E-state index in [-0.39, 0.29) is 18.1 Å². The first-order valence-corrected chi connectivity index (χ1v) is 11.7. The fourth-order valence-corrected chi connectivity index (χ4v) is 4.15. The fourth-order valence-electron chi connectivity index (χ4n) is 3.63. The van der Waals surface area contributed by atoms with Crippen LogP contribution in [-0.4, -0.2) is 22.9 Å². The van der Waals surface area contributed by atoms with Crippen molar-refractivity contribution in [3.8, 4) is 0 Å². The number of halogens is 1. The summed E-state index contributed by atoms with van der Waals surface area (Å²) in [6.45, 7) is 6.87. The van der Waals surface area contributed by atoms with Crippen molar-refractivity contribution in [2.45, 2.75) is 38.5 Å². The second kappa shape index (κ2) is 9.52. The van der Waals surface area contributed by atoms with Gasteiger partial charge < -0.3 is 5.32 Å². The molecule has 3 rings (SSSR count). The summed E-state index contributed by atoms with van der Waals surface area (Å²) in [7, 11) is -1.02. The summed E-state index contributed by atoms with van der Waals surface area (Å²) in [4.78, 5) is 13.3. The van der Waals surface area contributed by atoms with Crippen molar-refractivity contribution in [2.75, 3.05) is 12.8 Å². The van der Waals surface area contributed by atoms with Gasteiger partial charge in [0.15, 0.2) is 0 Å². The SMILES string of the molecule is CC1=C(CC(=O)NCCC(C)C)c2cc(F)ccc2/C1=C\c1ccc(S(C)=O)cc1. The lowest BCUT2D eigenvalue weighted by Gasteiger charge is -2.09. The van der Waals surface area contributed by atoms with E-state index in [0.29, 0.717) is 12.5 Å². The Bertz CT molecular complexity index is 1040. The molecule has 0 radical (unpaired) electrons. The van der Waals surface area contributed by atoms with Gasteiger partial charge in [-0.25, -0.2) is 4.39 Å². The third-order valence-electron chi connectivity index (χ3n) is 5.36. The molecule has 0 heterocycles. The molecule has 3 nitrogen and oxygen atoms in total. The molecule has 0 spiro atoms. The van der Waals surface area contributed by atoms with E-state index >= 15 is 0 Å². The topological polar surface area (TPSA) is 46.2 Å². The van der Waals surface area contributed by atoms with E-state index in [1.165, 1.54) is 12.1 Å². The highest BCUT2D eigenvalue weighted by Crippen LogP contribution is 2.43. The second-order valence-corrected chi connectivity index (χ2v) is 9.46. The minimum Gasteiger partial charge on any atom is -0.356 e. The number of hydrogen-bond donors (Lipinski definition) is 1. The Labute approximate surface area is 180 Å². The summed E-state index contributed by atoms with van der Waals surface area (Å²) in [5.74, 6) is 0.171. The van der Waals surface area contributed by atoms with Gasteiger partial charge in [-0.1, -0.05) is 32.0 Å². The Morgan fingerprint density at radius 1 is 1.13 bits per heavy atom. The third-order valence-corrected chi connectivity index (χ3v) is 6.29. The van der Waals surface area contributed by atoms with Crippen LogP contribution in [0.1, 0.15) is 50.3 Å².